The lowest BCUT2D eigenvalue weighted by Crippen LogP contribution is -2.33. The van der Waals surface area contributed by atoms with Crippen molar-refractivity contribution in [2.24, 2.45) is 0 Å². The maximum absolute atomic E-state index is 13.1. The third-order valence-electron chi connectivity index (χ3n) is 6.22. The lowest BCUT2D eigenvalue weighted by atomic mass is 9.86. The molecule has 0 fully saturated rings. The molecular formula is C26H25NO7. The standard InChI is InChI=1S/C26H25NO7/c1-5-32-26(29)22(14(2)28)24-23-16(6-7-19(30-3)25(23)31-4)10-18-17-12-21-20(33-13-34-21)11-15(17)8-9-27(18)24/h6-7,10-12H,5,8-9,13H2,1-4H3/b24-22-. The molecule has 2 aromatic carbocycles. The van der Waals surface area contributed by atoms with Crippen molar-refractivity contribution in [3.8, 4) is 23.0 Å². The summed E-state index contributed by atoms with van der Waals surface area (Å²) in [5, 5.41) is 0. The van der Waals surface area contributed by atoms with E-state index in [4.69, 9.17) is 23.7 Å². The normalized spacial score (nSPS) is 16.6. The first-order chi connectivity index (χ1) is 16.5. The van der Waals surface area contributed by atoms with E-state index in [1.165, 1.54) is 6.92 Å². The number of ketones is 1. The molecule has 34 heavy (non-hydrogen) atoms. The Morgan fingerprint density at radius 1 is 1.09 bits per heavy atom. The number of fused-ring (bicyclic) bond motifs is 5. The Kier molecular flexibility index (Phi) is 5.43. The molecule has 0 unspecified atom stereocenters. The third kappa shape index (κ3) is 3.29. The van der Waals surface area contributed by atoms with Gasteiger partial charge in [0.2, 0.25) is 6.79 Å². The van der Waals surface area contributed by atoms with Crippen LogP contribution < -0.4 is 18.9 Å². The molecule has 3 aliphatic heterocycles. The summed E-state index contributed by atoms with van der Waals surface area (Å²) in [6.07, 6.45) is 2.71. The van der Waals surface area contributed by atoms with Crippen molar-refractivity contribution in [1.82, 2.24) is 4.90 Å². The molecular weight excluding hydrogens is 438 g/mol. The fourth-order valence-electron chi connectivity index (χ4n) is 4.77. The monoisotopic (exact) mass is 463 g/mol. The average Bonchev–Trinajstić information content (AvgIpc) is 3.29. The molecule has 2 aromatic rings. The van der Waals surface area contributed by atoms with Gasteiger partial charge < -0.3 is 28.6 Å². The quantitative estimate of drug-likeness (QED) is 0.288. The van der Waals surface area contributed by atoms with Gasteiger partial charge in [-0.25, -0.2) is 4.79 Å². The number of rotatable bonds is 5. The van der Waals surface area contributed by atoms with Crippen LogP contribution in [0.1, 0.15) is 36.1 Å². The Morgan fingerprint density at radius 2 is 1.85 bits per heavy atom. The van der Waals surface area contributed by atoms with E-state index in [2.05, 4.69) is 0 Å². The van der Waals surface area contributed by atoms with E-state index in [1.807, 2.05) is 35.2 Å². The Balaban J connectivity index is 1.83. The predicted octanol–water partition coefficient (Wildman–Crippen LogP) is 3.67. The van der Waals surface area contributed by atoms with Crippen molar-refractivity contribution in [3.05, 3.63) is 52.1 Å². The number of benzene rings is 2. The second-order valence-corrected chi connectivity index (χ2v) is 8.06. The number of carbonyl (C=O) groups is 2. The van der Waals surface area contributed by atoms with Crippen LogP contribution in [0.2, 0.25) is 0 Å². The lowest BCUT2D eigenvalue weighted by molar-refractivity contribution is -0.139. The van der Waals surface area contributed by atoms with E-state index in [-0.39, 0.29) is 24.8 Å². The van der Waals surface area contributed by atoms with Crippen molar-refractivity contribution in [1.29, 1.82) is 0 Å². The molecule has 5 rings (SSSR count). The van der Waals surface area contributed by atoms with Gasteiger partial charge in [-0.2, -0.15) is 0 Å². The van der Waals surface area contributed by atoms with E-state index in [0.717, 1.165) is 28.1 Å². The van der Waals surface area contributed by atoms with Gasteiger partial charge in [-0.1, -0.05) is 6.07 Å². The minimum absolute atomic E-state index is 0.0237. The zero-order valence-corrected chi connectivity index (χ0v) is 19.5. The first-order valence-electron chi connectivity index (χ1n) is 11.1. The minimum atomic E-state index is -0.668. The highest BCUT2D eigenvalue weighted by atomic mass is 16.7. The molecule has 3 aliphatic rings. The van der Waals surface area contributed by atoms with E-state index in [1.54, 1.807) is 21.1 Å². The number of ether oxygens (including phenoxy) is 5. The summed E-state index contributed by atoms with van der Waals surface area (Å²) in [6.45, 7) is 3.97. The maximum atomic E-state index is 13.1. The van der Waals surface area contributed by atoms with Crippen LogP contribution in [-0.4, -0.2) is 50.8 Å². The number of hydrogen-bond acceptors (Lipinski definition) is 8. The molecule has 0 aliphatic carbocycles. The van der Waals surface area contributed by atoms with E-state index < -0.39 is 5.97 Å². The van der Waals surface area contributed by atoms with Gasteiger partial charge in [0.05, 0.1) is 32.1 Å². The summed E-state index contributed by atoms with van der Waals surface area (Å²) in [4.78, 5) is 27.9. The molecule has 176 valence electrons. The second-order valence-electron chi connectivity index (χ2n) is 8.06. The number of carbonyl (C=O) groups excluding carboxylic acids is 2. The summed E-state index contributed by atoms with van der Waals surface area (Å²) in [5.41, 5.74) is 4.77. The van der Waals surface area contributed by atoms with Crippen LogP contribution in [-0.2, 0) is 20.7 Å². The highest BCUT2D eigenvalue weighted by Crippen LogP contribution is 2.50. The molecule has 0 aromatic heterocycles. The highest BCUT2D eigenvalue weighted by Gasteiger charge is 2.38. The Labute approximate surface area is 197 Å². The largest absolute Gasteiger partial charge is 0.493 e. The maximum Gasteiger partial charge on any atom is 0.343 e. The molecule has 0 amide bonds. The third-order valence-corrected chi connectivity index (χ3v) is 6.22. The number of esters is 1. The number of Topliss-reactive ketones (excluding diaryl/α,β-unsaturated/α-hetero) is 1. The van der Waals surface area contributed by atoms with Crippen LogP contribution in [0, 0.1) is 0 Å². The van der Waals surface area contributed by atoms with Gasteiger partial charge in [0.15, 0.2) is 28.8 Å². The molecule has 8 heteroatoms. The Hall–Kier alpha value is -3.94. The van der Waals surface area contributed by atoms with Crippen LogP contribution in [0.4, 0.5) is 0 Å². The molecule has 3 heterocycles. The molecule has 0 saturated carbocycles. The molecule has 0 N–H and O–H groups in total. The Bertz CT molecular complexity index is 1270. The predicted molar refractivity (Wildman–Crippen MR) is 125 cm³/mol. The summed E-state index contributed by atoms with van der Waals surface area (Å²) in [7, 11) is 3.09. The SMILES string of the molecule is CCOC(=O)/C(C(C)=O)=C1/c2c(ccc(OC)c2OC)C=C2c3cc4c(cc3CCN21)OCO4. The zero-order chi connectivity index (χ0) is 24.0. The number of hydrogen-bond donors (Lipinski definition) is 0. The molecule has 0 radical (unpaired) electrons. The van der Waals surface area contributed by atoms with Gasteiger partial charge in [-0.3, -0.25) is 4.79 Å². The van der Waals surface area contributed by atoms with Crippen LogP contribution in [0.3, 0.4) is 0 Å². The highest BCUT2D eigenvalue weighted by molar-refractivity contribution is 6.23. The van der Waals surface area contributed by atoms with Crippen LogP contribution in [0.15, 0.2) is 29.8 Å². The van der Waals surface area contributed by atoms with Crippen LogP contribution >= 0.6 is 0 Å². The van der Waals surface area contributed by atoms with Gasteiger partial charge in [-0.05, 0) is 55.7 Å². The van der Waals surface area contributed by atoms with Crippen molar-refractivity contribution in [2.45, 2.75) is 20.3 Å². The van der Waals surface area contributed by atoms with Gasteiger partial charge in [0.1, 0.15) is 5.57 Å². The van der Waals surface area contributed by atoms with E-state index >= 15 is 0 Å². The summed E-state index contributed by atoms with van der Waals surface area (Å²) in [6, 6.07) is 7.66. The summed E-state index contributed by atoms with van der Waals surface area (Å²) < 4.78 is 27.7. The minimum Gasteiger partial charge on any atom is -0.493 e. The van der Waals surface area contributed by atoms with Crippen molar-refractivity contribution >= 4 is 29.2 Å². The number of nitrogens with zero attached hydrogens (tertiary/aromatic N) is 1. The van der Waals surface area contributed by atoms with Crippen molar-refractivity contribution in [2.75, 3.05) is 34.2 Å². The second kappa shape index (κ2) is 8.44. The van der Waals surface area contributed by atoms with Crippen molar-refractivity contribution < 1.29 is 33.3 Å². The van der Waals surface area contributed by atoms with Crippen LogP contribution in [0.25, 0.3) is 17.5 Å². The summed E-state index contributed by atoms with van der Waals surface area (Å²) in [5.74, 6) is 1.29. The number of methoxy groups -OCH3 is 2. The van der Waals surface area contributed by atoms with Gasteiger partial charge in [-0.15, -0.1) is 0 Å². The molecule has 0 atom stereocenters. The fourth-order valence-corrected chi connectivity index (χ4v) is 4.77. The lowest BCUT2D eigenvalue weighted by Gasteiger charge is -2.40. The molecule has 8 nitrogen and oxygen atoms in total. The molecule has 0 saturated heterocycles. The van der Waals surface area contributed by atoms with Gasteiger partial charge >= 0.3 is 5.97 Å². The molecule has 0 bridgehead atoms. The van der Waals surface area contributed by atoms with Crippen LogP contribution in [0.5, 0.6) is 23.0 Å². The topological polar surface area (TPSA) is 83.5 Å². The first-order valence-corrected chi connectivity index (χ1v) is 11.1. The van der Waals surface area contributed by atoms with Crippen molar-refractivity contribution in [3.63, 3.8) is 0 Å². The smallest absolute Gasteiger partial charge is 0.343 e. The molecule has 0 spiro atoms. The zero-order valence-electron chi connectivity index (χ0n) is 19.5. The fraction of sp³-hybridized carbons (Fsp3) is 0.308. The first kappa shape index (κ1) is 21.9. The average molecular weight is 463 g/mol. The summed E-state index contributed by atoms with van der Waals surface area (Å²) >= 11 is 0. The Morgan fingerprint density at radius 3 is 2.53 bits per heavy atom. The van der Waals surface area contributed by atoms with Gasteiger partial charge in [0, 0.05) is 17.8 Å². The van der Waals surface area contributed by atoms with Gasteiger partial charge in [0.25, 0.3) is 0 Å². The van der Waals surface area contributed by atoms with E-state index in [0.29, 0.717) is 41.5 Å². The van der Waals surface area contributed by atoms with E-state index in [9.17, 15) is 9.59 Å².